The lowest BCUT2D eigenvalue weighted by Crippen LogP contribution is -2.33. The molecule has 0 radical (unpaired) electrons. The van der Waals surface area contributed by atoms with Gasteiger partial charge in [-0.25, -0.2) is 13.1 Å². The quantitative estimate of drug-likeness (QED) is 0.898. The number of ether oxygens (including phenoxy) is 1. The second-order valence-electron chi connectivity index (χ2n) is 6.15. The Morgan fingerprint density at radius 3 is 2.96 bits per heavy atom. The Labute approximate surface area is 136 Å². The summed E-state index contributed by atoms with van der Waals surface area (Å²) in [7, 11) is -3.53. The van der Waals surface area contributed by atoms with Crippen LogP contribution < -0.4 is 9.62 Å². The molecule has 1 aromatic carbocycles. The zero-order valence-corrected chi connectivity index (χ0v) is 14.1. The number of sulfonamides is 1. The van der Waals surface area contributed by atoms with Gasteiger partial charge in [0.1, 0.15) is 0 Å². The lowest BCUT2D eigenvalue weighted by molar-refractivity contribution is -0.116. The molecule has 1 N–H and O–H groups in total. The van der Waals surface area contributed by atoms with Gasteiger partial charge in [0.15, 0.2) is 0 Å². The molecule has 1 fully saturated rings. The molecule has 7 heteroatoms. The maximum absolute atomic E-state index is 12.5. The predicted octanol–water partition coefficient (Wildman–Crippen LogP) is 1.30. The molecule has 2 aliphatic rings. The summed E-state index contributed by atoms with van der Waals surface area (Å²) in [6.07, 6.45) is 2.65. The molecule has 0 spiro atoms. The summed E-state index contributed by atoms with van der Waals surface area (Å²) >= 11 is 0. The van der Waals surface area contributed by atoms with Gasteiger partial charge >= 0.3 is 0 Å². The van der Waals surface area contributed by atoms with Crippen molar-refractivity contribution in [2.45, 2.75) is 31.1 Å². The molecule has 126 valence electrons. The Morgan fingerprint density at radius 1 is 1.43 bits per heavy atom. The predicted molar refractivity (Wildman–Crippen MR) is 86.9 cm³/mol. The Hall–Kier alpha value is -1.44. The van der Waals surface area contributed by atoms with E-state index < -0.39 is 10.0 Å². The number of hydrogen-bond acceptors (Lipinski definition) is 4. The van der Waals surface area contributed by atoms with Crippen molar-refractivity contribution >= 4 is 21.6 Å². The third-order valence-corrected chi connectivity index (χ3v) is 5.87. The van der Waals surface area contributed by atoms with E-state index in [0.717, 1.165) is 30.7 Å². The second kappa shape index (κ2) is 6.59. The van der Waals surface area contributed by atoms with Crippen LogP contribution >= 0.6 is 0 Å². The van der Waals surface area contributed by atoms with Gasteiger partial charge in [-0.1, -0.05) is 0 Å². The average molecular weight is 338 g/mol. The number of rotatable bonds is 4. The summed E-state index contributed by atoms with van der Waals surface area (Å²) in [5.74, 6) is 0.218. The van der Waals surface area contributed by atoms with E-state index in [2.05, 4.69) is 4.72 Å². The van der Waals surface area contributed by atoms with Crippen LogP contribution in [0.25, 0.3) is 0 Å². The van der Waals surface area contributed by atoms with Crippen molar-refractivity contribution < 1.29 is 17.9 Å². The minimum atomic E-state index is -3.53. The van der Waals surface area contributed by atoms with Gasteiger partial charge < -0.3 is 9.64 Å². The smallest absolute Gasteiger partial charge is 0.240 e. The summed E-state index contributed by atoms with van der Waals surface area (Å²) in [6, 6.07) is 4.97. The molecule has 0 aromatic heterocycles. The van der Waals surface area contributed by atoms with Crippen LogP contribution in [0.15, 0.2) is 23.1 Å². The molecule has 23 heavy (non-hydrogen) atoms. The maximum atomic E-state index is 12.5. The molecular formula is C16H22N2O4S. The number of benzene rings is 1. The first-order valence-corrected chi connectivity index (χ1v) is 9.44. The standard InChI is InChI=1S/C16H22N2O4S/c1-12(19)18-7-6-14-9-15(4-5-16(14)18)23(20,21)17-10-13-3-2-8-22-11-13/h4-5,9,13,17H,2-3,6-8,10-11H2,1H3/t13-/m1/s1. The fourth-order valence-corrected chi connectivity index (χ4v) is 4.32. The van der Waals surface area contributed by atoms with E-state index in [-0.39, 0.29) is 16.7 Å². The number of nitrogens with zero attached hydrogens (tertiary/aromatic N) is 1. The van der Waals surface area contributed by atoms with Crippen LogP contribution in [-0.2, 0) is 26.0 Å². The highest BCUT2D eigenvalue weighted by molar-refractivity contribution is 7.89. The SMILES string of the molecule is CC(=O)N1CCc2cc(S(=O)(=O)NC[C@H]3CCCOC3)ccc21. The third kappa shape index (κ3) is 3.57. The first-order chi connectivity index (χ1) is 11.0. The zero-order valence-electron chi connectivity index (χ0n) is 13.2. The second-order valence-corrected chi connectivity index (χ2v) is 7.91. The number of nitrogens with one attached hydrogen (secondary N) is 1. The van der Waals surface area contributed by atoms with Crippen molar-refractivity contribution in [3.05, 3.63) is 23.8 Å². The van der Waals surface area contributed by atoms with Crippen LogP contribution in [0.1, 0.15) is 25.3 Å². The third-order valence-electron chi connectivity index (χ3n) is 4.45. The van der Waals surface area contributed by atoms with Gasteiger partial charge in [-0.05, 0) is 48.9 Å². The van der Waals surface area contributed by atoms with E-state index in [9.17, 15) is 13.2 Å². The van der Waals surface area contributed by atoms with E-state index in [1.54, 1.807) is 23.1 Å². The molecule has 0 saturated carbocycles. The van der Waals surface area contributed by atoms with Crippen molar-refractivity contribution in [1.29, 1.82) is 0 Å². The van der Waals surface area contributed by atoms with Gasteiger partial charge in [-0.15, -0.1) is 0 Å². The van der Waals surface area contributed by atoms with Gasteiger partial charge in [0.05, 0.1) is 11.5 Å². The summed E-state index contributed by atoms with van der Waals surface area (Å²) in [5.41, 5.74) is 1.72. The number of hydrogen-bond donors (Lipinski definition) is 1. The van der Waals surface area contributed by atoms with Crippen molar-refractivity contribution in [3.8, 4) is 0 Å². The van der Waals surface area contributed by atoms with E-state index >= 15 is 0 Å². The molecule has 6 nitrogen and oxygen atoms in total. The maximum Gasteiger partial charge on any atom is 0.240 e. The Balaban J connectivity index is 1.72. The molecule has 1 aromatic rings. The molecule has 1 saturated heterocycles. The van der Waals surface area contributed by atoms with Crippen LogP contribution in [0.2, 0.25) is 0 Å². The van der Waals surface area contributed by atoms with Gasteiger partial charge in [0.2, 0.25) is 15.9 Å². The summed E-state index contributed by atoms with van der Waals surface area (Å²) < 4.78 is 33.0. The van der Waals surface area contributed by atoms with E-state index in [4.69, 9.17) is 4.74 Å². The Bertz CT molecular complexity index is 696. The van der Waals surface area contributed by atoms with Crippen LogP contribution in [0.5, 0.6) is 0 Å². The number of carbonyl (C=O) groups excluding carboxylic acids is 1. The number of anilines is 1. The van der Waals surface area contributed by atoms with Gasteiger partial charge in [0.25, 0.3) is 0 Å². The molecule has 3 rings (SSSR count). The normalized spacial score (nSPS) is 21.3. The highest BCUT2D eigenvalue weighted by atomic mass is 32.2. The molecule has 2 aliphatic heterocycles. The lowest BCUT2D eigenvalue weighted by atomic mass is 10.0. The van der Waals surface area contributed by atoms with Crippen LogP contribution in [0.4, 0.5) is 5.69 Å². The van der Waals surface area contributed by atoms with E-state index in [1.807, 2.05) is 0 Å². The van der Waals surface area contributed by atoms with Gasteiger partial charge in [-0.2, -0.15) is 0 Å². The lowest BCUT2D eigenvalue weighted by Gasteiger charge is -2.22. The van der Waals surface area contributed by atoms with Crippen molar-refractivity contribution in [1.82, 2.24) is 4.72 Å². The minimum Gasteiger partial charge on any atom is -0.381 e. The molecule has 2 heterocycles. The first kappa shape index (κ1) is 16.4. The average Bonchev–Trinajstić information content (AvgIpc) is 2.97. The Kier molecular flexibility index (Phi) is 4.70. The minimum absolute atomic E-state index is 0.0187. The monoisotopic (exact) mass is 338 g/mol. The van der Waals surface area contributed by atoms with E-state index in [0.29, 0.717) is 26.1 Å². The van der Waals surface area contributed by atoms with Crippen molar-refractivity contribution in [2.24, 2.45) is 5.92 Å². The summed E-state index contributed by atoms with van der Waals surface area (Å²) in [5, 5.41) is 0. The van der Waals surface area contributed by atoms with E-state index in [1.165, 1.54) is 6.92 Å². The topological polar surface area (TPSA) is 75.7 Å². The van der Waals surface area contributed by atoms with Crippen molar-refractivity contribution in [3.63, 3.8) is 0 Å². The van der Waals surface area contributed by atoms with Crippen LogP contribution in [-0.4, -0.2) is 40.6 Å². The Morgan fingerprint density at radius 2 is 2.26 bits per heavy atom. The van der Waals surface area contributed by atoms with Crippen LogP contribution in [0.3, 0.4) is 0 Å². The fourth-order valence-electron chi connectivity index (χ4n) is 3.15. The van der Waals surface area contributed by atoms with Gasteiger partial charge in [0, 0.05) is 32.3 Å². The molecule has 0 aliphatic carbocycles. The summed E-state index contributed by atoms with van der Waals surface area (Å²) in [6.45, 7) is 3.91. The van der Waals surface area contributed by atoms with Crippen LogP contribution in [0, 0.1) is 5.92 Å². The number of fused-ring (bicyclic) bond motifs is 1. The fraction of sp³-hybridized carbons (Fsp3) is 0.562. The molecule has 0 bridgehead atoms. The molecule has 1 amide bonds. The largest absolute Gasteiger partial charge is 0.381 e. The first-order valence-electron chi connectivity index (χ1n) is 7.96. The highest BCUT2D eigenvalue weighted by Gasteiger charge is 2.25. The molecule has 1 atom stereocenters. The molecular weight excluding hydrogens is 316 g/mol. The molecule has 0 unspecified atom stereocenters. The summed E-state index contributed by atoms with van der Waals surface area (Å²) in [4.78, 5) is 13.5. The zero-order chi connectivity index (χ0) is 16.4. The number of carbonyl (C=O) groups is 1. The van der Waals surface area contributed by atoms with Gasteiger partial charge in [-0.3, -0.25) is 4.79 Å². The van der Waals surface area contributed by atoms with Crippen molar-refractivity contribution in [2.75, 3.05) is 31.2 Å². The highest BCUT2D eigenvalue weighted by Crippen LogP contribution is 2.30. The number of amides is 1.